The van der Waals surface area contributed by atoms with E-state index in [1.807, 2.05) is 24.1 Å². The highest BCUT2D eigenvalue weighted by atomic mass is 15.1. The van der Waals surface area contributed by atoms with E-state index in [9.17, 15) is 0 Å². The maximum Gasteiger partial charge on any atom is 0.0857 e. The van der Waals surface area contributed by atoms with Crippen LogP contribution in [0.3, 0.4) is 0 Å². The lowest BCUT2D eigenvalue weighted by molar-refractivity contribution is 0.537. The molecule has 58 valence electrons. The van der Waals surface area contributed by atoms with E-state index in [1.165, 1.54) is 12.8 Å². The molecule has 0 aromatic carbocycles. The van der Waals surface area contributed by atoms with Gasteiger partial charge >= 0.3 is 0 Å². The fourth-order valence-corrected chi connectivity index (χ4v) is 0.714. The third-order valence-electron chi connectivity index (χ3n) is 1.28. The third kappa shape index (κ3) is 4.13. The molecule has 0 heterocycles. The van der Waals surface area contributed by atoms with Crippen LogP contribution in [0.4, 0.5) is 0 Å². The first-order valence-electron chi connectivity index (χ1n) is 3.74. The van der Waals surface area contributed by atoms with Crippen LogP contribution in [0.25, 0.3) is 0 Å². The van der Waals surface area contributed by atoms with E-state index in [4.69, 9.17) is 5.41 Å². The molecular weight excluding hydrogens is 124 g/mol. The Morgan fingerprint density at radius 1 is 1.50 bits per heavy atom. The van der Waals surface area contributed by atoms with Gasteiger partial charge in [-0.1, -0.05) is 19.4 Å². The summed E-state index contributed by atoms with van der Waals surface area (Å²) in [5, 5.41) is 6.99. The summed E-state index contributed by atoms with van der Waals surface area (Å²) in [6.07, 6.45) is 7.56. The van der Waals surface area contributed by atoms with Crippen LogP contribution < -0.4 is 0 Å². The van der Waals surface area contributed by atoms with Crippen molar-refractivity contribution in [2.75, 3.05) is 6.54 Å². The smallest absolute Gasteiger partial charge is 0.0857 e. The van der Waals surface area contributed by atoms with Gasteiger partial charge in [-0.2, -0.15) is 0 Å². The van der Waals surface area contributed by atoms with Crippen molar-refractivity contribution in [3.05, 3.63) is 12.3 Å². The van der Waals surface area contributed by atoms with Gasteiger partial charge in [0.2, 0.25) is 0 Å². The zero-order valence-electron chi connectivity index (χ0n) is 6.80. The molecule has 2 nitrogen and oxygen atoms in total. The summed E-state index contributed by atoms with van der Waals surface area (Å²) in [6.45, 7) is 5.07. The first-order chi connectivity index (χ1) is 4.85. The zero-order valence-corrected chi connectivity index (χ0v) is 6.80. The number of nitrogens with zero attached hydrogens (tertiary/aromatic N) is 1. The monoisotopic (exact) mass is 140 g/mol. The maximum absolute atomic E-state index is 6.99. The normalized spacial score (nSPS) is 10.2. The molecule has 0 spiro atoms. The molecule has 0 aliphatic heterocycles. The van der Waals surface area contributed by atoms with Crippen molar-refractivity contribution in [3.63, 3.8) is 0 Å². The molecule has 1 N–H and O–H groups in total. The minimum atomic E-state index is 0.963. The van der Waals surface area contributed by atoms with Crippen LogP contribution in [-0.4, -0.2) is 17.8 Å². The molecule has 0 saturated heterocycles. The number of nitrogens with one attached hydrogen (secondary N) is 1. The van der Waals surface area contributed by atoms with Crippen molar-refractivity contribution in [1.29, 1.82) is 5.41 Å². The Morgan fingerprint density at radius 2 is 2.20 bits per heavy atom. The molecule has 0 rings (SSSR count). The van der Waals surface area contributed by atoms with Gasteiger partial charge in [-0.05, 0) is 13.3 Å². The number of unbranched alkanes of at least 4 members (excludes halogenated alkanes) is 1. The number of hydrogen-bond donors (Lipinski definition) is 1. The van der Waals surface area contributed by atoms with Gasteiger partial charge in [0.15, 0.2) is 0 Å². The van der Waals surface area contributed by atoms with Crippen LogP contribution in [-0.2, 0) is 0 Å². The maximum atomic E-state index is 6.99. The lowest BCUT2D eigenvalue weighted by Crippen LogP contribution is -2.15. The van der Waals surface area contributed by atoms with Gasteiger partial charge in [0.05, 0.1) is 6.34 Å². The molecule has 0 aliphatic rings. The summed E-state index contributed by atoms with van der Waals surface area (Å²) < 4.78 is 0. The second kappa shape index (κ2) is 6.33. The van der Waals surface area contributed by atoms with Crippen LogP contribution in [0, 0.1) is 5.41 Å². The van der Waals surface area contributed by atoms with Gasteiger partial charge in [0, 0.05) is 12.7 Å². The number of hydrogen-bond acceptors (Lipinski definition) is 1. The van der Waals surface area contributed by atoms with Crippen molar-refractivity contribution < 1.29 is 0 Å². The van der Waals surface area contributed by atoms with Crippen LogP contribution >= 0.6 is 0 Å². The molecule has 0 amide bonds. The molecule has 0 unspecified atom stereocenters. The van der Waals surface area contributed by atoms with Crippen LogP contribution in [0.1, 0.15) is 26.7 Å². The molecule has 0 aromatic heterocycles. The van der Waals surface area contributed by atoms with Gasteiger partial charge in [-0.25, -0.2) is 0 Å². The van der Waals surface area contributed by atoms with E-state index < -0.39 is 0 Å². The summed E-state index contributed by atoms with van der Waals surface area (Å²) >= 11 is 0. The molecule has 10 heavy (non-hydrogen) atoms. The Morgan fingerprint density at radius 3 is 2.60 bits per heavy atom. The largest absolute Gasteiger partial charge is 0.340 e. The second-order valence-electron chi connectivity index (χ2n) is 2.20. The fraction of sp³-hybridized carbons (Fsp3) is 0.625. The van der Waals surface area contributed by atoms with Crippen LogP contribution in [0.2, 0.25) is 0 Å². The minimum absolute atomic E-state index is 0.963. The standard InChI is InChI=1S/C8H16N2/c1-3-5-7-10(8-9)6-4-2/h4,6,8-9H,3,5,7H2,1-2H3/b6-4-,9-8?. The van der Waals surface area contributed by atoms with Gasteiger partial charge in [0.25, 0.3) is 0 Å². The average Bonchev–Trinajstić information content (AvgIpc) is 1.98. The molecule has 0 fully saturated rings. The van der Waals surface area contributed by atoms with E-state index in [-0.39, 0.29) is 0 Å². The molecule has 0 aromatic rings. The minimum Gasteiger partial charge on any atom is -0.340 e. The lowest BCUT2D eigenvalue weighted by atomic mass is 10.3. The second-order valence-corrected chi connectivity index (χ2v) is 2.20. The van der Waals surface area contributed by atoms with Crippen molar-refractivity contribution in [2.24, 2.45) is 0 Å². The Kier molecular flexibility index (Phi) is 5.83. The highest BCUT2D eigenvalue weighted by Crippen LogP contribution is 1.92. The average molecular weight is 140 g/mol. The Balaban J connectivity index is 3.49. The quantitative estimate of drug-likeness (QED) is 0.460. The zero-order chi connectivity index (χ0) is 7.82. The van der Waals surface area contributed by atoms with E-state index >= 15 is 0 Å². The van der Waals surface area contributed by atoms with E-state index in [0.717, 1.165) is 13.0 Å². The van der Waals surface area contributed by atoms with Crippen LogP contribution in [0.15, 0.2) is 12.3 Å². The van der Waals surface area contributed by atoms with Crippen LogP contribution in [0.5, 0.6) is 0 Å². The van der Waals surface area contributed by atoms with Crippen molar-refractivity contribution >= 4 is 6.34 Å². The van der Waals surface area contributed by atoms with E-state index in [2.05, 4.69) is 6.92 Å². The highest BCUT2D eigenvalue weighted by Gasteiger charge is 1.90. The number of rotatable bonds is 5. The predicted octanol–water partition coefficient (Wildman–Crippen LogP) is 2.23. The van der Waals surface area contributed by atoms with Crippen molar-refractivity contribution in [3.8, 4) is 0 Å². The third-order valence-corrected chi connectivity index (χ3v) is 1.28. The fourth-order valence-electron chi connectivity index (χ4n) is 0.714. The topological polar surface area (TPSA) is 27.1 Å². The van der Waals surface area contributed by atoms with Crippen molar-refractivity contribution in [1.82, 2.24) is 4.90 Å². The first kappa shape index (κ1) is 9.21. The molecule has 0 atom stereocenters. The molecule has 0 aliphatic carbocycles. The molecule has 0 radical (unpaired) electrons. The predicted molar refractivity (Wildman–Crippen MR) is 45.2 cm³/mol. The van der Waals surface area contributed by atoms with Gasteiger partial charge in [-0.15, -0.1) is 0 Å². The van der Waals surface area contributed by atoms with E-state index in [1.54, 1.807) is 0 Å². The Bertz CT molecular complexity index is 108. The summed E-state index contributed by atoms with van der Waals surface area (Å²) in [6, 6.07) is 0. The Hall–Kier alpha value is -0.790. The summed E-state index contributed by atoms with van der Waals surface area (Å²) in [4.78, 5) is 1.88. The molecule has 0 bridgehead atoms. The SMILES string of the molecule is C/C=C\N(C=N)CCCC. The van der Waals surface area contributed by atoms with Gasteiger partial charge in [0.1, 0.15) is 0 Å². The molecule has 2 heteroatoms. The lowest BCUT2D eigenvalue weighted by Gasteiger charge is -2.11. The Labute approximate surface area is 63.0 Å². The summed E-state index contributed by atoms with van der Waals surface area (Å²) in [5.41, 5.74) is 0. The van der Waals surface area contributed by atoms with Gasteiger partial charge < -0.3 is 4.90 Å². The summed E-state index contributed by atoms with van der Waals surface area (Å²) in [7, 11) is 0. The van der Waals surface area contributed by atoms with Crippen molar-refractivity contribution in [2.45, 2.75) is 26.7 Å². The van der Waals surface area contributed by atoms with E-state index in [0.29, 0.717) is 0 Å². The number of allylic oxidation sites excluding steroid dienone is 1. The first-order valence-corrected chi connectivity index (χ1v) is 3.74. The molecule has 0 saturated carbocycles. The highest BCUT2D eigenvalue weighted by molar-refractivity contribution is 5.52. The van der Waals surface area contributed by atoms with Gasteiger partial charge in [-0.3, -0.25) is 5.41 Å². The molecular formula is C8H16N2. The summed E-state index contributed by atoms with van der Waals surface area (Å²) in [5.74, 6) is 0.